The van der Waals surface area contributed by atoms with E-state index in [-0.39, 0.29) is 5.91 Å². The highest BCUT2D eigenvalue weighted by atomic mass is 16.5. The van der Waals surface area contributed by atoms with Crippen molar-refractivity contribution in [2.45, 2.75) is 6.42 Å². The molecule has 2 N–H and O–H groups in total. The summed E-state index contributed by atoms with van der Waals surface area (Å²) in [7, 11) is 1.62. The van der Waals surface area contributed by atoms with Crippen molar-refractivity contribution in [1.82, 2.24) is 4.90 Å². The molecule has 0 spiro atoms. The smallest absolute Gasteiger partial charge is 0.257 e. The molecule has 20 heavy (non-hydrogen) atoms. The van der Waals surface area contributed by atoms with Crippen LogP contribution in [-0.4, -0.2) is 50.8 Å². The van der Waals surface area contributed by atoms with Gasteiger partial charge in [0.25, 0.3) is 5.91 Å². The minimum atomic E-state index is 0.0222. The number of hydrogen-bond acceptors (Lipinski definition) is 4. The van der Waals surface area contributed by atoms with E-state index in [1.54, 1.807) is 13.2 Å². The molecular weight excluding hydrogens is 256 g/mol. The summed E-state index contributed by atoms with van der Waals surface area (Å²) in [5, 5.41) is 0. The van der Waals surface area contributed by atoms with Crippen molar-refractivity contribution >= 4 is 5.91 Å². The predicted molar refractivity (Wildman–Crippen MR) is 76.9 cm³/mol. The molecule has 0 unspecified atom stereocenters. The number of nitrogens with two attached hydrogens (primary N) is 1. The number of ether oxygens (including phenoxy) is 2. The van der Waals surface area contributed by atoms with Crippen LogP contribution >= 0.6 is 0 Å². The van der Waals surface area contributed by atoms with E-state index >= 15 is 0 Å². The number of rotatable bonds is 6. The van der Waals surface area contributed by atoms with Crippen molar-refractivity contribution in [3.63, 3.8) is 0 Å². The Balaban J connectivity index is 2.05. The molecule has 1 atom stereocenters. The van der Waals surface area contributed by atoms with Crippen molar-refractivity contribution in [3.8, 4) is 5.75 Å². The molecule has 1 aromatic rings. The zero-order valence-corrected chi connectivity index (χ0v) is 11.9. The molecule has 1 aliphatic rings. The van der Waals surface area contributed by atoms with Crippen LogP contribution in [0.2, 0.25) is 0 Å². The Morgan fingerprint density at radius 1 is 1.40 bits per heavy atom. The number of nitrogens with zero attached hydrogens (tertiary/aromatic N) is 1. The molecular formula is C15H22N2O3. The quantitative estimate of drug-likeness (QED) is 0.792. The Bertz CT molecular complexity index is 450. The SMILES string of the molecule is COCCOc1ccccc1C(=O)N1CC[C@H](CN)C1. The predicted octanol–water partition coefficient (Wildman–Crippen LogP) is 1.13. The van der Waals surface area contributed by atoms with Gasteiger partial charge in [-0.15, -0.1) is 0 Å². The molecule has 0 aliphatic carbocycles. The van der Waals surface area contributed by atoms with Crippen LogP contribution in [0.5, 0.6) is 5.75 Å². The number of hydrogen-bond donors (Lipinski definition) is 1. The largest absolute Gasteiger partial charge is 0.490 e. The molecule has 1 amide bonds. The van der Waals surface area contributed by atoms with Crippen LogP contribution < -0.4 is 10.5 Å². The summed E-state index contributed by atoms with van der Waals surface area (Å²) >= 11 is 0. The third-order valence-corrected chi connectivity index (χ3v) is 3.57. The van der Waals surface area contributed by atoms with Gasteiger partial charge in [-0.1, -0.05) is 12.1 Å². The molecule has 1 heterocycles. The normalized spacial score (nSPS) is 18.3. The van der Waals surface area contributed by atoms with Gasteiger partial charge in [0, 0.05) is 20.2 Å². The van der Waals surface area contributed by atoms with E-state index in [0.29, 0.717) is 37.0 Å². The van der Waals surface area contributed by atoms with Gasteiger partial charge in [-0.2, -0.15) is 0 Å². The van der Waals surface area contributed by atoms with Crippen LogP contribution in [0.3, 0.4) is 0 Å². The summed E-state index contributed by atoms with van der Waals surface area (Å²) in [5.41, 5.74) is 6.28. The summed E-state index contributed by atoms with van der Waals surface area (Å²) < 4.78 is 10.6. The van der Waals surface area contributed by atoms with E-state index in [4.69, 9.17) is 15.2 Å². The summed E-state index contributed by atoms with van der Waals surface area (Å²) in [4.78, 5) is 14.4. The first kappa shape index (κ1) is 14.8. The topological polar surface area (TPSA) is 64.8 Å². The van der Waals surface area contributed by atoms with E-state index in [1.165, 1.54) is 0 Å². The molecule has 110 valence electrons. The van der Waals surface area contributed by atoms with Crippen molar-refractivity contribution in [2.75, 3.05) is 40.0 Å². The second-order valence-corrected chi connectivity index (χ2v) is 4.98. The minimum absolute atomic E-state index is 0.0222. The van der Waals surface area contributed by atoms with E-state index in [0.717, 1.165) is 19.5 Å². The highest BCUT2D eigenvalue weighted by Crippen LogP contribution is 2.23. The van der Waals surface area contributed by atoms with E-state index in [9.17, 15) is 4.79 Å². The Labute approximate surface area is 119 Å². The number of carbonyl (C=O) groups excluding carboxylic acids is 1. The van der Waals surface area contributed by atoms with Gasteiger partial charge in [-0.3, -0.25) is 4.79 Å². The molecule has 1 aliphatic heterocycles. The Hall–Kier alpha value is -1.59. The van der Waals surface area contributed by atoms with Crippen molar-refractivity contribution in [2.24, 2.45) is 11.7 Å². The highest BCUT2D eigenvalue weighted by molar-refractivity contribution is 5.97. The summed E-state index contributed by atoms with van der Waals surface area (Å²) in [6.07, 6.45) is 0.981. The Morgan fingerprint density at radius 2 is 2.20 bits per heavy atom. The van der Waals surface area contributed by atoms with Gasteiger partial charge in [0.2, 0.25) is 0 Å². The molecule has 1 saturated heterocycles. The number of likely N-dealkylation sites (tertiary alicyclic amines) is 1. The van der Waals surface area contributed by atoms with Crippen LogP contribution in [0.15, 0.2) is 24.3 Å². The molecule has 0 aromatic heterocycles. The summed E-state index contributed by atoms with van der Waals surface area (Å²) in [6.45, 7) is 3.08. The Morgan fingerprint density at radius 3 is 2.90 bits per heavy atom. The lowest BCUT2D eigenvalue weighted by Gasteiger charge is -2.18. The van der Waals surface area contributed by atoms with Gasteiger partial charge in [-0.25, -0.2) is 0 Å². The zero-order valence-electron chi connectivity index (χ0n) is 11.9. The van der Waals surface area contributed by atoms with Crippen LogP contribution in [0.25, 0.3) is 0 Å². The van der Waals surface area contributed by atoms with Gasteiger partial charge in [0.15, 0.2) is 0 Å². The van der Waals surface area contributed by atoms with Gasteiger partial charge >= 0.3 is 0 Å². The summed E-state index contributed by atoms with van der Waals surface area (Å²) in [6, 6.07) is 7.35. The fourth-order valence-corrected chi connectivity index (χ4v) is 2.38. The fraction of sp³-hybridized carbons (Fsp3) is 0.533. The molecule has 2 rings (SSSR count). The maximum atomic E-state index is 12.5. The molecule has 1 fully saturated rings. The third-order valence-electron chi connectivity index (χ3n) is 3.57. The minimum Gasteiger partial charge on any atom is -0.490 e. The number of carbonyl (C=O) groups is 1. The van der Waals surface area contributed by atoms with Gasteiger partial charge in [0.05, 0.1) is 12.2 Å². The van der Waals surface area contributed by atoms with E-state index in [2.05, 4.69) is 0 Å². The second kappa shape index (κ2) is 7.26. The van der Waals surface area contributed by atoms with Gasteiger partial charge in [0.1, 0.15) is 12.4 Å². The number of benzene rings is 1. The lowest BCUT2D eigenvalue weighted by atomic mass is 10.1. The fourth-order valence-electron chi connectivity index (χ4n) is 2.38. The van der Waals surface area contributed by atoms with Crippen LogP contribution in [0.4, 0.5) is 0 Å². The standard InChI is InChI=1S/C15H22N2O3/c1-19-8-9-20-14-5-3-2-4-13(14)15(18)17-7-6-12(10-16)11-17/h2-5,12H,6-11,16H2,1H3/t12-/m1/s1. The van der Waals surface area contributed by atoms with Crippen LogP contribution in [0, 0.1) is 5.92 Å². The first-order valence-electron chi connectivity index (χ1n) is 6.96. The summed E-state index contributed by atoms with van der Waals surface area (Å²) in [5.74, 6) is 1.06. The molecule has 1 aromatic carbocycles. The second-order valence-electron chi connectivity index (χ2n) is 4.98. The van der Waals surface area contributed by atoms with Crippen molar-refractivity contribution in [3.05, 3.63) is 29.8 Å². The lowest BCUT2D eigenvalue weighted by molar-refractivity contribution is 0.0780. The maximum Gasteiger partial charge on any atom is 0.257 e. The van der Waals surface area contributed by atoms with E-state index < -0.39 is 0 Å². The first-order valence-corrected chi connectivity index (χ1v) is 6.96. The average molecular weight is 278 g/mol. The zero-order chi connectivity index (χ0) is 14.4. The first-order chi connectivity index (χ1) is 9.76. The van der Waals surface area contributed by atoms with Crippen molar-refractivity contribution in [1.29, 1.82) is 0 Å². The third kappa shape index (κ3) is 3.49. The number of para-hydroxylation sites is 1. The maximum absolute atomic E-state index is 12.5. The monoisotopic (exact) mass is 278 g/mol. The van der Waals surface area contributed by atoms with Gasteiger partial charge < -0.3 is 20.1 Å². The van der Waals surface area contributed by atoms with E-state index in [1.807, 2.05) is 23.1 Å². The van der Waals surface area contributed by atoms with Crippen LogP contribution in [0.1, 0.15) is 16.8 Å². The Kier molecular flexibility index (Phi) is 5.38. The molecule has 0 radical (unpaired) electrons. The number of methoxy groups -OCH3 is 1. The highest BCUT2D eigenvalue weighted by Gasteiger charge is 2.27. The lowest BCUT2D eigenvalue weighted by Crippen LogP contribution is -2.30. The molecule has 5 nitrogen and oxygen atoms in total. The van der Waals surface area contributed by atoms with Crippen LogP contribution in [-0.2, 0) is 4.74 Å². The average Bonchev–Trinajstić information content (AvgIpc) is 2.96. The molecule has 5 heteroatoms. The molecule has 0 saturated carbocycles. The number of amides is 1. The molecule has 0 bridgehead atoms. The van der Waals surface area contributed by atoms with Gasteiger partial charge in [-0.05, 0) is 31.0 Å². The van der Waals surface area contributed by atoms with Crippen molar-refractivity contribution < 1.29 is 14.3 Å².